The number of nitrogens with zero attached hydrogens (tertiary/aromatic N) is 3. The second-order valence-corrected chi connectivity index (χ2v) is 7.36. The van der Waals surface area contributed by atoms with Gasteiger partial charge < -0.3 is 10.0 Å². The molecule has 0 aromatic carbocycles. The number of hydrogen-bond donors (Lipinski definition) is 1. The van der Waals surface area contributed by atoms with E-state index in [2.05, 4.69) is 44.5 Å². The molecule has 3 rings (SSSR count). The van der Waals surface area contributed by atoms with Crippen molar-refractivity contribution in [1.29, 1.82) is 0 Å². The van der Waals surface area contributed by atoms with Crippen LogP contribution in [0.3, 0.4) is 0 Å². The zero-order chi connectivity index (χ0) is 15.0. The SMILES string of the molecule is CCc1nn(CC)c(CC2(O)CCN3CCCC3C2)c1Br. The zero-order valence-corrected chi connectivity index (χ0v) is 14.7. The molecule has 21 heavy (non-hydrogen) atoms. The average molecular weight is 356 g/mol. The molecule has 0 spiro atoms. The average Bonchev–Trinajstić information content (AvgIpc) is 3.04. The van der Waals surface area contributed by atoms with E-state index < -0.39 is 5.60 Å². The van der Waals surface area contributed by atoms with E-state index in [1.54, 1.807) is 0 Å². The van der Waals surface area contributed by atoms with Gasteiger partial charge in [0.1, 0.15) is 0 Å². The number of aliphatic hydroxyl groups is 1. The second kappa shape index (κ2) is 6.01. The minimum absolute atomic E-state index is 0.564. The number of aromatic nitrogens is 2. The summed E-state index contributed by atoms with van der Waals surface area (Å²) in [5.41, 5.74) is 1.71. The molecule has 3 heterocycles. The Labute approximate surface area is 135 Å². The highest BCUT2D eigenvalue weighted by atomic mass is 79.9. The highest BCUT2D eigenvalue weighted by Gasteiger charge is 2.41. The predicted molar refractivity (Wildman–Crippen MR) is 87.5 cm³/mol. The Hall–Kier alpha value is -0.390. The molecule has 0 saturated carbocycles. The summed E-state index contributed by atoms with van der Waals surface area (Å²) < 4.78 is 3.16. The summed E-state index contributed by atoms with van der Waals surface area (Å²) in [7, 11) is 0. The fraction of sp³-hybridized carbons (Fsp3) is 0.812. The van der Waals surface area contributed by atoms with Crippen molar-refractivity contribution in [1.82, 2.24) is 14.7 Å². The van der Waals surface area contributed by atoms with E-state index in [1.807, 2.05) is 0 Å². The molecule has 4 nitrogen and oxygen atoms in total. The molecule has 2 unspecified atom stereocenters. The number of halogens is 1. The van der Waals surface area contributed by atoms with Crippen molar-refractivity contribution < 1.29 is 5.11 Å². The van der Waals surface area contributed by atoms with Crippen molar-refractivity contribution in [3.8, 4) is 0 Å². The monoisotopic (exact) mass is 355 g/mol. The smallest absolute Gasteiger partial charge is 0.0766 e. The molecular formula is C16H26BrN3O. The van der Waals surface area contributed by atoms with Crippen LogP contribution in [0.15, 0.2) is 4.47 Å². The van der Waals surface area contributed by atoms with Gasteiger partial charge in [-0.1, -0.05) is 6.92 Å². The Morgan fingerprint density at radius 1 is 1.38 bits per heavy atom. The van der Waals surface area contributed by atoms with Crippen LogP contribution in [0.4, 0.5) is 0 Å². The molecule has 118 valence electrons. The Kier molecular flexibility index (Phi) is 4.44. The third kappa shape index (κ3) is 2.92. The molecule has 2 aliphatic rings. The van der Waals surface area contributed by atoms with Gasteiger partial charge in [-0.05, 0) is 61.5 Å². The molecule has 5 heteroatoms. The molecule has 2 aliphatic heterocycles. The first-order valence-corrected chi connectivity index (χ1v) is 9.06. The highest BCUT2D eigenvalue weighted by Crippen LogP contribution is 2.36. The maximum Gasteiger partial charge on any atom is 0.0766 e. The fourth-order valence-electron chi connectivity index (χ4n) is 3.97. The van der Waals surface area contributed by atoms with Crippen LogP contribution in [0.2, 0.25) is 0 Å². The van der Waals surface area contributed by atoms with Crippen LogP contribution in [0.5, 0.6) is 0 Å². The van der Waals surface area contributed by atoms with E-state index in [0.29, 0.717) is 6.04 Å². The van der Waals surface area contributed by atoms with Gasteiger partial charge in [-0.2, -0.15) is 5.10 Å². The summed E-state index contributed by atoms with van der Waals surface area (Å²) in [6, 6.07) is 0.589. The zero-order valence-electron chi connectivity index (χ0n) is 13.1. The molecule has 0 amide bonds. The first-order valence-electron chi connectivity index (χ1n) is 8.27. The minimum Gasteiger partial charge on any atom is -0.389 e. The summed E-state index contributed by atoms with van der Waals surface area (Å²) in [6.45, 7) is 7.37. The topological polar surface area (TPSA) is 41.3 Å². The van der Waals surface area contributed by atoms with Gasteiger partial charge in [0.15, 0.2) is 0 Å². The van der Waals surface area contributed by atoms with Gasteiger partial charge in [-0.15, -0.1) is 0 Å². The number of aryl methyl sites for hydroxylation is 2. The van der Waals surface area contributed by atoms with E-state index in [-0.39, 0.29) is 0 Å². The van der Waals surface area contributed by atoms with E-state index in [0.717, 1.165) is 48.9 Å². The maximum atomic E-state index is 11.1. The lowest BCUT2D eigenvalue weighted by molar-refractivity contribution is -0.0367. The van der Waals surface area contributed by atoms with Crippen molar-refractivity contribution in [2.45, 2.75) is 70.6 Å². The predicted octanol–water partition coefficient (Wildman–Crippen LogP) is 2.76. The standard InChI is InChI=1S/C16H26BrN3O/c1-3-13-15(17)14(20(4-2)18-13)11-16(21)7-9-19-8-5-6-12(19)10-16/h12,21H,3-11H2,1-2H3. The lowest BCUT2D eigenvalue weighted by Crippen LogP contribution is -2.49. The van der Waals surface area contributed by atoms with Crippen LogP contribution < -0.4 is 0 Å². The number of rotatable bonds is 4. The number of fused-ring (bicyclic) bond motifs is 1. The Morgan fingerprint density at radius 3 is 2.90 bits per heavy atom. The molecule has 2 atom stereocenters. The van der Waals surface area contributed by atoms with Gasteiger partial charge in [0.25, 0.3) is 0 Å². The lowest BCUT2D eigenvalue weighted by Gasteiger charge is -2.41. The number of hydrogen-bond acceptors (Lipinski definition) is 3. The van der Waals surface area contributed by atoms with Gasteiger partial charge in [0, 0.05) is 25.6 Å². The van der Waals surface area contributed by atoms with Gasteiger partial charge in [0.05, 0.1) is 21.5 Å². The molecule has 2 saturated heterocycles. The van der Waals surface area contributed by atoms with E-state index in [9.17, 15) is 5.11 Å². The third-order valence-electron chi connectivity index (χ3n) is 5.17. The minimum atomic E-state index is -0.564. The van der Waals surface area contributed by atoms with Gasteiger partial charge >= 0.3 is 0 Å². The van der Waals surface area contributed by atoms with Crippen molar-refractivity contribution in [3.63, 3.8) is 0 Å². The molecule has 1 N–H and O–H groups in total. The Bertz CT molecular complexity index is 516. The van der Waals surface area contributed by atoms with Gasteiger partial charge in [-0.3, -0.25) is 4.68 Å². The fourth-order valence-corrected chi connectivity index (χ4v) is 4.68. The largest absolute Gasteiger partial charge is 0.389 e. The van der Waals surface area contributed by atoms with Crippen molar-refractivity contribution >= 4 is 15.9 Å². The van der Waals surface area contributed by atoms with Gasteiger partial charge in [0.2, 0.25) is 0 Å². The summed E-state index contributed by atoms with van der Waals surface area (Å²) >= 11 is 3.71. The quantitative estimate of drug-likeness (QED) is 0.902. The van der Waals surface area contributed by atoms with Crippen LogP contribution in [0.1, 0.15) is 50.9 Å². The van der Waals surface area contributed by atoms with Crippen molar-refractivity contribution in [3.05, 3.63) is 15.9 Å². The molecule has 2 fully saturated rings. The summed E-state index contributed by atoms with van der Waals surface area (Å²) in [6.07, 6.45) is 5.98. The third-order valence-corrected chi connectivity index (χ3v) is 6.09. The first-order chi connectivity index (χ1) is 10.1. The van der Waals surface area contributed by atoms with Crippen LogP contribution in [-0.2, 0) is 19.4 Å². The van der Waals surface area contributed by atoms with E-state index >= 15 is 0 Å². The molecule has 0 bridgehead atoms. The van der Waals surface area contributed by atoms with Crippen molar-refractivity contribution in [2.24, 2.45) is 0 Å². The molecule has 1 aromatic heterocycles. The Morgan fingerprint density at radius 2 is 2.19 bits per heavy atom. The number of piperidine rings is 1. The summed E-state index contributed by atoms with van der Waals surface area (Å²) in [4.78, 5) is 2.55. The molecule has 0 radical (unpaired) electrons. The van der Waals surface area contributed by atoms with E-state index in [1.165, 1.54) is 25.1 Å². The second-order valence-electron chi connectivity index (χ2n) is 6.56. The van der Waals surface area contributed by atoms with Gasteiger partial charge in [-0.25, -0.2) is 0 Å². The summed E-state index contributed by atoms with van der Waals surface area (Å²) in [5, 5.41) is 15.8. The van der Waals surface area contributed by atoms with Crippen LogP contribution >= 0.6 is 15.9 Å². The normalized spacial score (nSPS) is 29.8. The molecule has 0 aliphatic carbocycles. The lowest BCUT2D eigenvalue weighted by atomic mass is 9.83. The van der Waals surface area contributed by atoms with Crippen molar-refractivity contribution in [2.75, 3.05) is 13.1 Å². The highest BCUT2D eigenvalue weighted by molar-refractivity contribution is 9.10. The summed E-state index contributed by atoms with van der Waals surface area (Å²) in [5.74, 6) is 0. The van der Waals surface area contributed by atoms with E-state index in [4.69, 9.17) is 0 Å². The maximum absolute atomic E-state index is 11.1. The first kappa shape index (κ1) is 15.5. The molecular weight excluding hydrogens is 330 g/mol. The van der Waals surface area contributed by atoms with Crippen LogP contribution in [0, 0.1) is 0 Å². The van der Waals surface area contributed by atoms with Crippen LogP contribution in [0.25, 0.3) is 0 Å². The van der Waals surface area contributed by atoms with Crippen LogP contribution in [-0.4, -0.2) is 44.5 Å². The Balaban J connectivity index is 1.81. The molecule has 1 aromatic rings.